The molecule has 3 aromatic rings. The maximum Gasteiger partial charge on any atom is 0.303 e. The van der Waals surface area contributed by atoms with Crippen LogP contribution in [0, 0.1) is 11.6 Å². The van der Waals surface area contributed by atoms with E-state index in [2.05, 4.69) is 6.07 Å². The first-order valence-corrected chi connectivity index (χ1v) is 12.0. The van der Waals surface area contributed by atoms with Crippen LogP contribution in [0.3, 0.4) is 0 Å². The van der Waals surface area contributed by atoms with E-state index in [0.717, 1.165) is 54.9 Å². The second kappa shape index (κ2) is 13.6. The zero-order valence-electron chi connectivity index (χ0n) is 20.1. The number of carboxylic acids is 1. The van der Waals surface area contributed by atoms with E-state index < -0.39 is 17.6 Å². The van der Waals surface area contributed by atoms with Crippen LogP contribution in [0.25, 0.3) is 11.1 Å². The Morgan fingerprint density at radius 1 is 0.829 bits per heavy atom. The summed E-state index contributed by atoms with van der Waals surface area (Å²) in [6.45, 7) is 0.949. The summed E-state index contributed by atoms with van der Waals surface area (Å²) in [6.07, 6.45) is 5.66. The van der Waals surface area contributed by atoms with E-state index in [-0.39, 0.29) is 6.42 Å². The number of ether oxygens (including phenoxy) is 2. The van der Waals surface area contributed by atoms with Crippen molar-refractivity contribution >= 4 is 5.97 Å². The van der Waals surface area contributed by atoms with Crippen LogP contribution in [0.15, 0.2) is 60.7 Å². The summed E-state index contributed by atoms with van der Waals surface area (Å²) in [5.41, 5.74) is 4.56. The monoisotopic (exact) mass is 482 g/mol. The lowest BCUT2D eigenvalue weighted by Crippen LogP contribution is -2.01. The Labute approximate surface area is 205 Å². The lowest BCUT2D eigenvalue weighted by atomic mass is 9.98. The Bertz CT molecular complexity index is 1110. The fraction of sp³-hybridized carbons (Fsp3) is 0.345. The van der Waals surface area contributed by atoms with Crippen molar-refractivity contribution in [1.29, 1.82) is 0 Å². The van der Waals surface area contributed by atoms with E-state index in [1.54, 1.807) is 13.2 Å². The van der Waals surface area contributed by atoms with Crippen molar-refractivity contribution in [2.24, 2.45) is 0 Å². The number of halogens is 2. The summed E-state index contributed by atoms with van der Waals surface area (Å²) in [4.78, 5) is 10.9. The van der Waals surface area contributed by atoms with Crippen molar-refractivity contribution in [2.75, 3.05) is 13.7 Å². The van der Waals surface area contributed by atoms with Crippen molar-refractivity contribution in [1.82, 2.24) is 0 Å². The molecule has 3 rings (SSSR count). The molecule has 0 aromatic heterocycles. The van der Waals surface area contributed by atoms with E-state index in [9.17, 15) is 13.6 Å². The molecule has 0 aliphatic carbocycles. The van der Waals surface area contributed by atoms with Gasteiger partial charge in [-0.25, -0.2) is 8.78 Å². The molecule has 1 N–H and O–H groups in total. The van der Waals surface area contributed by atoms with Gasteiger partial charge in [-0.3, -0.25) is 4.79 Å². The number of carboxylic acid groups (broad SMARTS) is 1. The Morgan fingerprint density at radius 2 is 1.57 bits per heavy atom. The Hall–Kier alpha value is -3.25. The van der Waals surface area contributed by atoms with E-state index in [1.807, 2.05) is 36.4 Å². The predicted octanol–water partition coefficient (Wildman–Crippen LogP) is 6.98. The second-order valence-corrected chi connectivity index (χ2v) is 8.60. The molecule has 0 bridgehead atoms. The molecule has 0 radical (unpaired) electrons. The number of rotatable bonds is 14. The fourth-order valence-corrected chi connectivity index (χ4v) is 4.08. The molecule has 0 aliphatic heterocycles. The van der Waals surface area contributed by atoms with Crippen LogP contribution in [0.2, 0.25) is 0 Å². The summed E-state index contributed by atoms with van der Waals surface area (Å²) in [7, 11) is 1.61. The largest absolute Gasteiger partial charge is 0.494 e. The van der Waals surface area contributed by atoms with E-state index in [0.29, 0.717) is 30.9 Å². The minimum Gasteiger partial charge on any atom is -0.494 e. The molecule has 6 heteroatoms. The quantitative estimate of drug-likeness (QED) is 0.252. The third kappa shape index (κ3) is 8.48. The average Bonchev–Trinajstić information content (AvgIpc) is 2.84. The molecular weight excluding hydrogens is 450 g/mol. The Balaban J connectivity index is 1.48. The summed E-state index contributed by atoms with van der Waals surface area (Å²) in [6, 6.07) is 17.5. The standard InChI is InChI=1S/C29H32F2O4/c1-34-20-21-16-25(24-11-13-27(30)28(31)19-24)18-26(17-21)35-15-7-3-2-4-8-22-9-5-6-10-23(22)12-14-29(32)33/h5-6,9-11,13,16-19H,2-4,7-8,12,14-15,20H2,1H3,(H,32,33). The fourth-order valence-electron chi connectivity index (χ4n) is 4.08. The summed E-state index contributed by atoms with van der Waals surface area (Å²) in [5.74, 6) is -1.86. The first-order valence-electron chi connectivity index (χ1n) is 12.0. The van der Waals surface area contributed by atoms with Gasteiger partial charge >= 0.3 is 5.97 Å². The molecule has 0 saturated heterocycles. The molecule has 35 heavy (non-hydrogen) atoms. The van der Waals surface area contributed by atoms with Crippen molar-refractivity contribution < 1.29 is 28.2 Å². The Kier molecular flexibility index (Phi) is 10.2. The number of aryl methyl sites for hydroxylation is 2. The lowest BCUT2D eigenvalue weighted by molar-refractivity contribution is -0.136. The molecular formula is C29H32F2O4. The third-order valence-corrected chi connectivity index (χ3v) is 5.87. The van der Waals surface area contributed by atoms with Gasteiger partial charge in [-0.2, -0.15) is 0 Å². The molecule has 0 aliphatic rings. The normalized spacial score (nSPS) is 10.9. The van der Waals surface area contributed by atoms with Gasteiger partial charge in [0.1, 0.15) is 5.75 Å². The number of unbranched alkanes of at least 4 members (excludes halogenated alkanes) is 3. The van der Waals surface area contributed by atoms with Crippen LogP contribution in [0.4, 0.5) is 8.78 Å². The van der Waals surface area contributed by atoms with E-state index in [1.165, 1.54) is 11.6 Å². The van der Waals surface area contributed by atoms with Crippen LogP contribution >= 0.6 is 0 Å². The molecule has 0 spiro atoms. The number of aliphatic carboxylic acids is 1. The van der Waals surface area contributed by atoms with Gasteiger partial charge in [0.25, 0.3) is 0 Å². The summed E-state index contributed by atoms with van der Waals surface area (Å²) >= 11 is 0. The third-order valence-electron chi connectivity index (χ3n) is 5.87. The highest BCUT2D eigenvalue weighted by molar-refractivity contribution is 5.67. The van der Waals surface area contributed by atoms with Crippen LogP contribution in [0.5, 0.6) is 5.75 Å². The van der Waals surface area contributed by atoms with Crippen molar-refractivity contribution in [3.05, 3.63) is 89.0 Å². The molecule has 0 fully saturated rings. The first kappa shape index (κ1) is 26.4. The minimum atomic E-state index is -0.883. The summed E-state index contributed by atoms with van der Waals surface area (Å²) in [5, 5.41) is 8.93. The molecule has 0 saturated carbocycles. The minimum absolute atomic E-state index is 0.151. The van der Waals surface area contributed by atoms with Gasteiger partial charge in [-0.1, -0.05) is 43.2 Å². The molecule has 4 nitrogen and oxygen atoms in total. The number of methoxy groups -OCH3 is 1. The molecule has 0 unspecified atom stereocenters. The van der Waals surface area contributed by atoms with Crippen molar-refractivity contribution in [3.8, 4) is 16.9 Å². The second-order valence-electron chi connectivity index (χ2n) is 8.60. The molecule has 3 aromatic carbocycles. The smallest absolute Gasteiger partial charge is 0.303 e. The van der Waals surface area contributed by atoms with Crippen LogP contribution in [0.1, 0.15) is 48.8 Å². The van der Waals surface area contributed by atoms with Gasteiger partial charge in [0.2, 0.25) is 0 Å². The average molecular weight is 483 g/mol. The topological polar surface area (TPSA) is 55.8 Å². The van der Waals surface area contributed by atoms with Crippen molar-refractivity contribution in [2.45, 2.75) is 51.6 Å². The van der Waals surface area contributed by atoms with Gasteiger partial charge in [0, 0.05) is 13.5 Å². The first-order chi connectivity index (χ1) is 17.0. The van der Waals surface area contributed by atoms with E-state index >= 15 is 0 Å². The van der Waals surface area contributed by atoms with Gasteiger partial charge in [0.05, 0.1) is 13.2 Å². The van der Waals surface area contributed by atoms with Gasteiger partial charge in [-0.05, 0) is 83.8 Å². The number of benzene rings is 3. The molecule has 0 heterocycles. The van der Waals surface area contributed by atoms with Gasteiger partial charge in [-0.15, -0.1) is 0 Å². The lowest BCUT2D eigenvalue weighted by Gasteiger charge is -2.12. The van der Waals surface area contributed by atoms with Crippen molar-refractivity contribution in [3.63, 3.8) is 0 Å². The van der Waals surface area contributed by atoms with E-state index in [4.69, 9.17) is 14.6 Å². The SMILES string of the molecule is COCc1cc(OCCCCCCc2ccccc2CCC(=O)O)cc(-c2ccc(F)c(F)c2)c1. The number of hydrogen-bond donors (Lipinski definition) is 1. The van der Waals surface area contributed by atoms with Gasteiger partial charge in [0.15, 0.2) is 11.6 Å². The zero-order valence-corrected chi connectivity index (χ0v) is 20.1. The highest BCUT2D eigenvalue weighted by Crippen LogP contribution is 2.28. The molecule has 0 atom stereocenters. The highest BCUT2D eigenvalue weighted by atomic mass is 19.2. The highest BCUT2D eigenvalue weighted by Gasteiger charge is 2.09. The maximum atomic E-state index is 13.7. The molecule has 0 amide bonds. The van der Waals surface area contributed by atoms with Gasteiger partial charge < -0.3 is 14.6 Å². The predicted molar refractivity (Wildman–Crippen MR) is 133 cm³/mol. The molecule has 186 valence electrons. The van der Waals surface area contributed by atoms with Crippen LogP contribution < -0.4 is 4.74 Å². The maximum absolute atomic E-state index is 13.7. The van der Waals surface area contributed by atoms with Crippen LogP contribution in [-0.4, -0.2) is 24.8 Å². The number of carbonyl (C=O) groups is 1. The zero-order chi connectivity index (χ0) is 25.0. The summed E-state index contributed by atoms with van der Waals surface area (Å²) < 4.78 is 38.2. The number of hydrogen-bond acceptors (Lipinski definition) is 3. The van der Waals surface area contributed by atoms with Crippen LogP contribution in [-0.2, 0) is 29.0 Å². The Morgan fingerprint density at radius 3 is 2.29 bits per heavy atom.